The Morgan fingerprint density at radius 2 is 2.00 bits per heavy atom. The summed E-state index contributed by atoms with van der Waals surface area (Å²) in [7, 11) is 0. The van der Waals surface area contributed by atoms with Crippen LogP contribution in [0.1, 0.15) is 36.9 Å². The minimum atomic E-state index is -0.986. The molecule has 33 heavy (non-hydrogen) atoms. The first-order valence-electron chi connectivity index (χ1n) is 11.1. The number of aromatic nitrogens is 1. The van der Waals surface area contributed by atoms with E-state index in [4.69, 9.17) is 16.6 Å². The van der Waals surface area contributed by atoms with Gasteiger partial charge in [0, 0.05) is 17.9 Å². The second-order valence-corrected chi connectivity index (χ2v) is 10.9. The van der Waals surface area contributed by atoms with Crippen LogP contribution in [0.3, 0.4) is 0 Å². The van der Waals surface area contributed by atoms with Crippen LogP contribution in [0.5, 0.6) is 0 Å². The number of carbonyl (C=O) groups is 2. The standard InChI is InChI=1S/C25H24ClN3O2S2/c26-18-4-1-2-5-20(18)33-23-19(30)14-25(29-24(23)31,17-11-13-32-15-17)21-6-3-7-22(28-21)27-12-10-16-8-9-16/h1-7,11,13,15-16,23H,8-10,12,14H2,(H,27,28)(H,29,31). The highest BCUT2D eigenvalue weighted by atomic mass is 35.5. The summed E-state index contributed by atoms with van der Waals surface area (Å²) in [5, 5.41) is 10.2. The number of nitrogens with zero attached hydrogens (tertiary/aromatic N) is 1. The number of carbonyl (C=O) groups excluding carboxylic acids is 2. The maximum atomic E-state index is 13.4. The SMILES string of the molecule is O=C1CC(c2ccsc2)(c2cccc(NCCC3CC3)n2)NC(=O)C1Sc1ccccc1Cl. The summed E-state index contributed by atoms with van der Waals surface area (Å²) in [5.41, 5.74) is 0.554. The molecule has 5 nitrogen and oxygen atoms in total. The first-order valence-corrected chi connectivity index (χ1v) is 13.3. The van der Waals surface area contributed by atoms with E-state index in [0.29, 0.717) is 10.7 Å². The van der Waals surface area contributed by atoms with Crippen LogP contribution in [0.25, 0.3) is 0 Å². The van der Waals surface area contributed by atoms with E-state index in [9.17, 15) is 9.59 Å². The second kappa shape index (κ2) is 9.49. The van der Waals surface area contributed by atoms with E-state index < -0.39 is 10.8 Å². The fourth-order valence-electron chi connectivity index (χ4n) is 4.17. The third-order valence-corrected chi connectivity index (χ3v) is 8.59. The number of ketones is 1. The molecule has 2 unspecified atom stereocenters. The Bertz CT molecular complexity index is 1150. The minimum Gasteiger partial charge on any atom is -0.370 e. The highest BCUT2D eigenvalue weighted by molar-refractivity contribution is 8.01. The Balaban J connectivity index is 1.43. The fourth-order valence-corrected chi connectivity index (χ4v) is 6.14. The van der Waals surface area contributed by atoms with Crippen LogP contribution in [0.2, 0.25) is 5.02 Å². The smallest absolute Gasteiger partial charge is 0.242 e. The maximum Gasteiger partial charge on any atom is 0.242 e. The molecular weight excluding hydrogens is 474 g/mol. The number of thiophene rings is 1. The molecule has 1 aromatic carbocycles. The number of piperidine rings is 1. The molecule has 8 heteroatoms. The number of amides is 1. The number of nitrogens with one attached hydrogen (secondary N) is 2. The van der Waals surface area contributed by atoms with Gasteiger partial charge in [0.15, 0.2) is 5.78 Å². The zero-order valence-corrected chi connectivity index (χ0v) is 20.3. The Morgan fingerprint density at radius 3 is 2.73 bits per heavy atom. The molecule has 2 fully saturated rings. The summed E-state index contributed by atoms with van der Waals surface area (Å²) < 4.78 is 0. The maximum absolute atomic E-state index is 13.4. The van der Waals surface area contributed by atoms with Gasteiger partial charge in [-0.2, -0.15) is 11.3 Å². The topological polar surface area (TPSA) is 71.1 Å². The lowest BCUT2D eigenvalue weighted by Gasteiger charge is -2.39. The lowest BCUT2D eigenvalue weighted by molar-refractivity contribution is -0.133. The molecule has 1 aliphatic carbocycles. The number of hydrogen-bond donors (Lipinski definition) is 2. The molecule has 0 radical (unpaired) electrons. The number of rotatable bonds is 8. The third kappa shape index (κ3) is 4.81. The number of thioether (sulfide) groups is 1. The van der Waals surface area contributed by atoms with Crippen LogP contribution >= 0.6 is 34.7 Å². The van der Waals surface area contributed by atoms with E-state index >= 15 is 0 Å². The summed E-state index contributed by atoms with van der Waals surface area (Å²) in [6.45, 7) is 0.869. The molecule has 1 aliphatic heterocycles. The lowest BCUT2D eigenvalue weighted by Crippen LogP contribution is -2.58. The van der Waals surface area contributed by atoms with Gasteiger partial charge in [0.25, 0.3) is 0 Å². The van der Waals surface area contributed by atoms with E-state index in [1.54, 1.807) is 6.07 Å². The van der Waals surface area contributed by atoms with Crippen molar-refractivity contribution in [3.8, 4) is 0 Å². The molecule has 0 bridgehead atoms. The molecule has 5 rings (SSSR count). The van der Waals surface area contributed by atoms with Crippen LogP contribution in [0.15, 0.2) is 64.2 Å². The molecule has 2 N–H and O–H groups in total. The van der Waals surface area contributed by atoms with E-state index in [0.717, 1.165) is 35.2 Å². The molecule has 2 aromatic heterocycles. The average Bonchev–Trinajstić information content (AvgIpc) is 3.46. The van der Waals surface area contributed by atoms with E-state index in [1.807, 2.05) is 53.2 Å². The van der Waals surface area contributed by atoms with Gasteiger partial charge in [-0.1, -0.05) is 42.6 Å². The summed E-state index contributed by atoms with van der Waals surface area (Å²) in [4.78, 5) is 32.2. The monoisotopic (exact) mass is 497 g/mol. The molecule has 3 aromatic rings. The zero-order valence-electron chi connectivity index (χ0n) is 17.9. The van der Waals surface area contributed by atoms with Crippen LogP contribution in [0.4, 0.5) is 5.82 Å². The van der Waals surface area contributed by atoms with Crippen molar-refractivity contribution >= 4 is 52.2 Å². The van der Waals surface area contributed by atoms with Crippen molar-refractivity contribution in [3.05, 3.63) is 75.6 Å². The van der Waals surface area contributed by atoms with Gasteiger partial charge < -0.3 is 10.6 Å². The van der Waals surface area contributed by atoms with Gasteiger partial charge in [0.2, 0.25) is 5.91 Å². The number of halogens is 1. The summed E-state index contributed by atoms with van der Waals surface area (Å²) in [5.74, 6) is 1.14. The van der Waals surface area contributed by atoms with Crippen LogP contribution in [-0.4, -0.2) is 28.5 Å². The first-order chi connectivity index (χ1) is 16.0. The predicted octanol–water partition coefficient (Wildman–Crippen LogP) is 5.50. The fraction of sp³-hybridized carbons (Fsp3) is 0.320. The Kier molecular flexibility index (Phi) is 6.45. The molecular formula is C25H24ClN3O2S2. The van der Waals surface area contributed by atoms with Crippen molar-refractivity contribution in [1.82, 2.24) is 10.3 Å². The molecule has 3 heterocycles. The molecule has 0 spiro atoms. The van der Waals surface area contributed by atoms with E-state index in [2.05, 4.69) is 10.6 Å². The number of hydrogen-bond acceptors (Lipinski definition) is 6. The summed E-state index contributed by atoms with van der Waals surface area (Å²) >= 11 is 9.01. The van der Waals surface area contributed by atoms with Crippen LogP contribution < -0.4 is 10.6 Å². The Labute approximate surface area is 206 Å². The Hall–Kier alpha value is -2.35. The number of anilines is 1. The van der Waals surface area contributed by atoms with Gasteiger partial charge in [-0.15, -0.1) is 11.8 Å². The quantitative estimate of drug-likeness (QED) is 0.402. The van der Waals surface area contributed by atoms with Gasteiger partial charge >= 0.3 is 0 Å². The van der Waals surface area contributed by atoms with E-state index in [1.165, 1.54) is 35.9 Å². The second-order valence-electron chi connectivity index (χ2n) is 8.54. The van der Waals surface area contributed by atoms with Gasteiger partial charge in [0.05, 0.1) is 10.7 Å². The number of benzene rings is 1. The molecule has 1 saturated heterocycles. The highest BCUT2D eigenvalue weighted by Gasteiger charge is 2.48. The van der Waals surface area contributed by atoms with Crippen molar-refractivity contribution in [2.24, 2.45) is 5.92 Å². The number of pyridine rings is 1. The van der Waals surface area contributed by atoms with Crippen molar-refractivity contribution in [3.63, 3.8) is 0 Å². The van der Waals surface area contributed by atoms with Crippen molar-refractivity contribution in [1.29, 1.82) is 0 Å². The zero-order chi connectivity index (χ0) is 22.8. The third-order valence-electron chi connectivity index (χ3n) is 6.14. The van der Waals surface area contributed by atoms with Crippen LogP contribution in [0, 0.1) is 5.92 Å². The van der Waals surface area contributed by atoms with Gasteiger partial charge in [-0.05, 0) is 59.0 Å². The van der Waals surface area contributed by atoms with Gasteiger partial charge in [-0.25, -0.2) is 4.98 Å². The Morgan fingerprint density at radius 1 is 1.15 bits per heavy atom. The largest absolute Gasteiger partial charge is 0.370 e. The first kappa shape index (κ1) is 22.4. The van der Waals surface area contributed by atoms with Crippen LogP contribution in [-0.2, 0) is 15.1 Å². The van der Waals surface area contributed by atoms with Gasteiger partial charge in [-0.3, -0.25) is 9.59 Å². The van der Waals surface area contributed by atoms with Gasteiger partial charge in [0.1, 0.15) is 16.6 Å². The minimum absolute atomic E-state index is 0.135. The number of Topliss-reactive ketones (excluding diaryl/α,β-unsaturated/α-hetero) is 1. The molecule has 170 valence electrons. The normalized spacial score (nSPS) is 22.8. The lowest BCUT2D eigenvalue weighted by atomic mass is 9.79. The average molecular weight is 498 g/mol. The molecule has 2 atom stereocenters. The highest BCUT2D eigenvalue weighted by Crippen LogP contribution is 2.41. The van der Waals surface area contributed by atoms with Crippen molar-refractivity contribution < 1.29 is 9.59 Å². The summed E-state index contributed by atoms with van der Waals surface area (Å²) in [6.07, 6.45) is 3.91. The molecule has 2 aliphatic rings. The molecule has 1 amide bonds. The summed E-state index contributed by atoms with van der Waals surface area (Å²) in [6, 6.07) is 15.0. The van der Waals surface area contributed by atoms with E-state index in [-0.39, 0.29) is 18.1 Å². The predicted molar refractivity (Wildman–Crippen MR) is 134 cm³/mol. The van der Waals surface area contributed by atoms with Crippen molar-refractivity contribution in [2.75, 3.05) is 11.9 Å². The van der Waals surface area contributed by atoms with Crippen molar-refractivity contribution in [2.45, 2.75) is 41.4 Å². The molecule has 1 saturated carbocycles.